The molecule has 0 N–H and O–H groups in total. The Labute approximate surface area is 81.6 Å². The highest BCUT2D eigenvalue weighted by molar-refractivity contribution is 5.50. The third kappa shape index (κ3) is 1.10. The highest BCUT2D eigenvalue weighted by Gasteiger charge is 2.78. The van der Waals surface area contributed by atoms with Gasteiger partial charge in [0.15, 0.2) is 0 Å². The molecular formula is C9H6F6. The van der Waals surface area contributed by atoms with Crippen LogP contribution in [0.1, 0.15) is 0 Å². The molecule has 1 aliphatic rings. The van der Waals surface area contributed by atoms with E-state index < -0.39 is 28.9 Å². The summed E-state index contributed by atoms with van der Waals surface area (Å²) < 4.78 is 77.1. The number of hydrogen-bond donors (Lipinski definition) is 0. The van der Waals surface area contributed by atoms with Gasteiger partial charge in [0.05, 0.1) is 0 Å². The van der Waals surface area contributed by atoms with Crippen LogP contribution in [0, 0.1) is 0 Å². The molecule has 0 aromatic carbocycles. The molecule has 0 nitrogen and oxygen atoms in total. The van der Waals surface area contributed by atoms with E-state index in [4.69, 9.17) is 0 Å². The standard InChI is InChI=1S/C9H6F6/c1-3-5-6(4-2)8(12,13)9(14,15)7(5,10)11/h3-4H,1-2H2. The molecule has 1 rings (SSSR count). The quantitative estimate of drug-likeness (QED) is 0.634. The molecule has 0 aromatic heterocycles. The number of alkyl halides is 6. The SMILES string of the molecule is C=CC1=C(C=C)C(F)(F)C(F)(F)C1(F)F. The molecule has 0 atom stereocenters. The predicted octanol–water partition coefficient (Wildman–Crippen LogP) is 3.57. The highest BCUT2D eigenvalue weighted by atomic mass is 19.3. The van der Waals surface area contributed by atoms with E-state index in [0.29, 0.717) is 12.2 Å². The molecular weight excluding hydrogens is 222 g/mol. The summed E-state index contributed by atoms with van der Waals surface area (Å²) in [5, 5.41) is 0. The van der Waals surface area contributed by atoms with Gasteiger partial charge < -0.3 is 0 Å². The molecule has 84 valence electrons. The summed E-state index contributed by atoms with van der Waals surface area (Å²) in [7, 11) is 0. The Morgan fingerprint density at radius 1 is 0.733 bits per heavy atom. The van der Waals surface area contributed by atoms with Crippen LogP contribution in [0.4, 0.5) is 26.3 Å². The van der Waals surface area contributed by atoms with E-state index in [-0.39, 0.29) is 0 Å². The topological polar surface area (TPSA) is 0 Å². The van der Waals surface area contributed by atoms with Gasteiger partial charge in [-0.25, -0.2) is 0 Å². The van der Waals surface area contributed by atoms with Gasteiger partial charge in [0.2, 0.25) is 0 Å². The normalized spacial score (nSPS) is 26.5. The second-order valence-electron chi connectivity index (χ2n) is 2.96. The Hall–Kier alpha value is -1.20. The summed E-state index contributed by atoms with van der Waals surface area (Å²) in [5.41, 5.74) is -2.96. The van der Waals surface area contributed by atoms with Crippen molar-refractivity contribution >= 4 is 0 Å². The Kier molecular flexibility index (Phi) is 2.29. The van der Waals surface area contributed by atoms with E-state index in [9.17, 15) is 26.3 Å². The lowest BCUT2D eigenvalue weighted by Gasteiger charge is -2.24. The average Bonchev–Trinajstić information content (AvgIpc) is 2.20. The van der Waals surface area contributed by atoms with Gasteiger partial charge in [-0.15, -0.1) is 0 Å². The Bertz CT molecular complexity index is 318. The number of hydrogen-bond acceptors (Lipinski definition) is 0. The first kappa shape index (κ1) is 11.9. The van der Waals surface area contributed by atoms with Gasteiger partial charge >= 0.3 is 17.8 Å². The van der Waals surface area contributed by atoms with Crippen molar-refractivity contribution in [2.24, 2.45) is 0 Å². The maximum absolute atomic E-state index is 12.9. The first-order valence-corrected chi connectivity index (χ1v) is 3.78. The molecule has 0 aromatic rings. The van der Waals surface area contributed by atoms with Crippen LogP contribution < -0.4 is 0 Å². The lowest BCUT2D eigenvalue weighted by atomic mass is 10.1. The van der Waals surface area contributed by atoms with Gasteiger partial charge in [0.1, 0.15) is 0 Å². The Morgan fingerprint density at radius 3 is 1.20 bits per heavy atom. The maximum atomic E-state index is 12.9. The summed E-state index contributed by atoms with van der Waals surface area (Å²) in [6, 6.07) is 0. The predicted molar refractivity (Wildman–Crippen MR) is 42.3 cm³/mol. The zero-order valence-electron chi connectivity index (χ0n) is 7.34. The van der Waals surface area contributed by atoms with E-state index >= 15 is 0 Å². The van der Waals surface area contributed by atoms with Gasteiger partial charge in [0, 0.05) is 11.1 Å². The molecule has 0 saturated carbocycles. The molecule has 0 spiro atoms. The van der Waals surface area contributed by atoms with Crippen molar-refractivity contribution in [2.75, 3.05) is 0 Å². The van der Waals surface area contributed by atoms with Crippen molar-refractivity contribution in [3.05, 3.63) is 36.5 Å². The molecule has 0 fully saturated rings. The molecule has 0 aliphatic heterocycles. The van der Waals surface area contributed by atoms with Crippen LogP contribution in [0.5, 0.6) is 0 Å². The second-order valence-corrected chi connectivity index (χ2v) is 2.96. The molecule has 6 heteroatoms. The van der Waals surface area contributed by atoms with Crippen LogP contribution in [-0.2, 0) is 0 Å². The third-order valence-electron chi connectivity index (χ3n) is 2.16. The van der Waals surface area contributed by atoms with E-state index in [0.717, 1.165) is 0 Å². The highest BCUT2D eigenvalue weighted by Crippen LogP contribution is 2.59. The second kappa shape index (κ2) is 2.90. The van der Waals surface area contributed by atoms with Gasteiger partial charge in [-0.1, -0.05) is 25.3 Å². The van der Waals surface area contributed by atoms with Crippen molar-refractivity contribution in [1.82, 2.24) is 0 Å². The van der Waals surface area contributed by atoms with Gasteiger partial charge in [-0.3, -0.25) is 0 Å². The van der Waals surface area contributed by atoms with Crippen molar-refractivity contribution < 1.29 is 26.3 Å². The monoisotopic (exact) mass is 228 g/mol. The fraction of sp³-hybridized carbons (Fsp3) is 0.333. The summed E-state index contributed by atoms with van der Waals surface area (Å²) in [4.78, 5) is 0. The molecule has 1 aliphatic carbocycles. The van der Waals surface area contributed by atoms with Crippen molar-refractivity contribution in [3.63, 3.8) is 0 Å². The Balaban J connectivity index is 3.57. The lowest BCUT2D eigenvalue weighted by molar-refractivity contribution is -0.263. The van der Waals surface area contributed by atoms with Gasteiger partial charge in [-0.05, 0) is 0 Å². The summed E-state index contributed by atoms with van der Waals surface area (Å²) in [6.45, 7) is 5.63. The summed E-state index contributed by atoms with van der Waals surface area (Å²) in [5.74, 6) is -15.3. The third-order valence-corrected chi connectivity index (χ3v) is 2.16. The van der Waals surface area contributed by atoms with Gasteiger partial charge in [-0.2, -0.15) is 26.3 Å². The number of halogens is 6. The largest absolute Gasteiger partial charge is 0.380 e. The fourth-order valence-corrected chi connectivity index (χ4v) is 1.35. The smallest absolute Gasteiger partial charge is 0.194 e. The zero-order valence-corrected chi connectivity index (χ0v) is 7.34. The van der Waals surface area contributed by atoms with Crippen LogP contribution >= 0.6 is 0 Å². The number of allylic oxidation sites excluding steroid dienone is 4. The minimum absolute atomic E-state index is 0.297. The minimum Gasteiger partial charge on any atom is -0.194 e. The zero-order chi connectivity index (χ0) is 12.1. The van der Waals surface area contributed by atoms with Gasteiger partial charge in [0.25, 0.3) is 0 Å². The average molecular weight is 228 g/mol. The Morgan fingerprint density at radius 2 is 1.00 bits per heavy atom. The first-order valence-electron chi connectivity index (χ1n) is 3.78. The van der Waals surface area contributed by atoms with Crippen LogP contribution in [0.2, 0.25) is 0 Å². The van der Waals surface area contributed by atoms with Crippen molar-refractivity contribution in [1.29, 1.82) is 0 Å². The molecule has 15 heavy (non-hydrogen) atoms. The first-order chi connectivity index (χ1) is 6.64. The lowest BCUT2D eigenvalue weighted by Crippen LogP contribution is -2.49. The molecule has 0 unspecified atom stereocenters. The van der Waals surface area contributed by atoms with Crippen LogP contribution in [0.15, 0.2) is 36.5 Å². The van der Waals surface area contributed by atoms with Crippen molar-refractivity contribution in [3.8, 4) is 0 Å². The number of rotatable bonds is 2. The van der Waals surface area contributed by atoms with Crippen LogP contribution in [0.25, 0.3) is 0 Å². The maximum Gasteiger partial charge on any atom is 0.380 e. The molecule has 0 amide bonds. The van der Waals surface area contributed by atoms with E-state index in [2.05, 4.69) is 13.2 Å². The fourth-order valence-electron chi connectivity index (χ4n) is 1.35. The summed E-state index contributed by atoms with van der Waals surface area (Å²) in [6.07, 6.45) is 0.595. The van der Waals surface area contributed by atoms with E-state index in [1.807, 2.05) is 0 Å². The molecule has 0 bridgehead atoms. The van der Waals surface area contributed by atoms with E-state index in [1.54, 1.807) is 0 Å². The molecule has 0 radical (unpaired) electrons. The van der Waals surface area contributed by atoms with Crippen molar-refractivity contribution in [2.45, 2.75) is 17.8 Å². The van der Waals surface area contributed by atoms with Crippen LogP contribution in [-0.4, -0.2) is 17.8 Å². The van der Waals surface area contributed by atoms with Crippen LogP contribution in [0.3, 0.4) is 0 Å². The minimum atomic E-state index is -5.45. The summed E-state index contributed by atoms with van der Waals surface area (Å²) >= 11 is 0. The molecule has 0 heterocycles. The van der Waals surface area contributed by atoms with E-state index in [1.165, 1.54) is 0 Å². The molecule has 0 saturated heterocycles.